The molecule has 150 heavy (non-hydrogen) atoms. The largest absolute Gasteiger partial charge is 0.497 e. The molecule has 0 saturated carbocycles. The van der Waals surface area contributed by atoms with Gasteiger partial charge in [-0.1, -0.05) is 124 Å². The maximum absolute atomic E-state index is 14.5. The van der Waals surface area contributed by atoms with Gasteiger partial charge in [0, 0.05) is 81.9 Å². The lowest BCUT2D eigenvalue weighted by Crippen LogP contribution is -2.13. The molecule has 0 spiro atoms. The normalized spacial score (nSPS) is 15.0. The molecule has 0 N–H and O–H groups in total. The molecule has 10 aromatic heterocycles. The maximum Gasteiger partial charge on any atom is 0.238 e. The zero-order valence-corrected chi connectivity index (χ0v) is 86.9. The van der Waals surface area contributed by atoms with E-state index in [-0.39, 0.29) is 30.6 Å². The van der Waals surface area contributed by atoms with Crippen LogP contribution in [0.25, 0.3) is 85.4 Å². The molecule has 3 atom stereocenters. The first-order valence-corrected chi connectivity index (χ1v) is 49.8. The number of hydrogen-bond acceptors (Lipinski definition) is 27. The number of aromatic nitrogens is 25. The second-order valence-electron chi connectivity index (χ2n) is 36.9. The predicted molar refractivity (Wildman–Crippen MR) is 559 cm³/mol. The van der Waals surface area contributed by atoms with Crippen LogP contribution in [0.3, 0.4) is 0 Å². The van der Waals surface area contributed by atoms with Gasteiger partial charge in [0.15, 0.2) is 58.2 Å². The van der Waals surface area contributed by atoms with Crippen molar-refractivity contribution in [2.24, 2.45) is 15.0 Å². The molecule has 0 fully saturated rings. The third-order valence-electron chi connectivity index (χ3n) is 26.9. The van der Waals surface area contributed by atoms with E-state index >= 15 is 0 Å². The van der Waals surface area contributed by atoms with Gasteiger partial charge >= 0.3 is 0 Å². The summed E-state index contributed by atoms with van der Waals surface area (Å²) in [5.74, 6) is 16.5. The van der Waals surface area contributed by atoms with Crippen LogP contribution in [0.2, 0.25) is 20.1 Å². The number of fused-ring (bicyclic) bond motifs is 25. The van der Waals surface area contributed by atoms with Crippen LogP contribution >= 0.6 is 46.4 Å². The summed E-state index contributed by atoms with van der Waals surface area (Å²) >= 11 is 25.3. The van der Waals surface area contributed by atoms with Crippen molar-refractivity contribution < 1.29 is 47.0 Å². The van der Waals surface area contributed by atoms with E-state index in [1.807, 2.05) is 174 Å². The first-order valence-electron chi connectivity index (χ1n) is 48.3. The molecule has 37 nitrogen and oxygen atoms in total. The van der Waals surface area contributed by atoms with Gasteiger partial charge in [-0.25, -0.2) is 44.3 Å². The van der Waals surface area contributed by atoms with E-state index in [9.17, 15) is 4.39 Å². The van der Waals surface area contributed by atoms with E-state index in [2.05, 4.69) is 157 Å². The monoisotopic (exact) mass is 2090 g/mol. The molecule has 0 aliphatic carbocycles. The number of benzene rings is 8. The molecular formula is C108H99Cl4FN28O9. The van der Waals surface area contributed by atoms with Gasteiger partial charge < -0.3 is 70.0 Å². The Morgan fingerprint density at radius 2 is 0.727 bits per heavy atom. The zero-order chi connectivity index (χ0) is 104. The molecular weight excluding hydrogens is 1990 g/mol. The van der Waals surface area contributed by atoms with Crippen LogP contribution in [-0.4, -0.2) is 201 Å². The van der Waals surface area contributed by atoms with Gasteiger partial charge in [-0.2, -0.15) is 0 Å². The minimum atomic E-state index is -0.432. The van der Waals surface area contributed by atoms with E-state index in [0.29, 0.717) is 145 Å². The quantitative estimate of drug-likeness (QED) is 0.0720. The number of nitrogens with zero attached hydrogens (tertiary/aromatic N) is 28. The molecule has 0 unspecified atom stereocenters. The Hall–Kier alpha value is -15.8. The van der Waals surface area contributed by atoms with E-state index in [1.54, 1.807) is 60.6 Å². The van der Waals surface area contributed by atoms with Crippen LogP contribution in [0, 0.1) is 52.3 Å². The fourth-order valence-electron chi connectivity index (χ4n) is 19.6. The molecule has 0 amide bonds. The summed E-state index contributed by atoms with van der Waals surface area (Å²) in [4.78, 5) is 37.6. The van der Waals surface area contributed by atoms with Gasteiger partial charge in [0.05, 0.1) is 115 Å². The van der Waals surface area contributed by atoms with Crippen LogP contribution in [-0.2, 0) is 104 Å². The number of aliphatic imine (C=N–C) groups is 3. The molecule has 0 saturated heterocycles. The van der Waals surface area contributed by atoms with Gasteiger partial charge in [0.2, 0.25) is 17.7 Å². The Kier molecular flexibility index (Phi) is 27.5. The van der Waals surface area contributed by atoms with E-state index in [4.69, 9.17) is 114 Å². The topological polar surface area (TPSA) is 363 Å². The van der Waals surface area contributed by atoms with Crippen LogP contribution in [0.4, 0.5) is 4.39 Å². The van der Waals surface area contributed by atoms with Crippen molar-refractivity contribution in [1.29, 1.82) is 0 Å². The zero-order valence-electron chi connectivity index (χ0n) is 83.9. The van der Waals surface area contributed by atoms with Crippen molar-refractivity contribution in [2.75, 3.05) is 55.4 Å². The summed E-state index contributed by atoms with van der Waals surface area (Å²) in [5.41, 5.74) is 24.1. The van der Waals surface area contributed by atoms with E-state index < -0.39 is 6.04 Å². The summed E-state index contributed by atoms with van der Waals surface area (Å²) in [7, 11) is 8.22. The molecule has 26 rings (SSSR count). The Bertz CT molecular complexity index is 8430. The molecule has 8 aliphatic rings. The average Bonchev–Trinajstić information content (AvgIpc) is 1.61. The maximum atomic E-state index is 14.5. The van der Waals surface area contributed by atoms with Gasteiger partial charge in [-0.15, -0.1) is 51.0 Å². The lowest BCUT2D eigenvalue weighted by molar-refractivity contribution is 0.0595. The molecule has 8 aliphatic heterocycles. The molecule has 0 bridgehead atoms. The van der Waals surface area contributed by atoms with Crippen LogP contribution in [0.5, 0.6) is 5.75 Å². The Morgan fingerprint density at radius 1 is 0.380 bits per heavy atom. The van der Waals surface area contributed by atoms with Crippen molar-refractivity contribution in [3.63, 3.8) is 0 Å². The van der Waals surface area contributed by atoms with Crippen molar-refractivity contribution in [3.05, 3.63) is 334 Å². The fraction of sp³-hybridized carbons (Fsp3) is 0.278. The summed E-state index contributed by atoms with van der Waals surface area (Å²) in [6.07, 6.45) is 7.33. The minimum Gasteiger partial charge on any atom is -0.497 e. The highest BCUT2D eigenvalue weighted by Crippen LogP contribution is 2.44. The van der Waals surface area contributed by atoms with E-state index in [0.717, 1.165) is 177 Å². The van der Waals surface area contributed by atoms with Gasteiger partial charge in [-0.05, 0) is 176 Å². The molecule has 0 radical (unpaired) electrons. The Labute approximate surface area is 880 Å². The van der Waals surface area contributed by atoms with Crippen molar-refractivity contribution in [1.82, 2.24) is 122 Å². The number of rotatable bonds is 18. The van der Waals surface area contributed by atoms with Gasteiger partial charge in [-0.3, -0.25) is 18.3 Å². The molecule has 18 aromatic rings. The second kappa shape index (κ2) is 41.7. The van der Waals surface area contributed by atoms with Gasteiger partial charge in [0.1, 0.15) is 130 Å². The molecule has 42 heteroatoms. The average molecular weight is 2090 g/mol. The Morgan fingerprint density at radius 3 is 1.15 bits per heavy atom. The number of halogens is 5. The summed E-state index contributed by atoms with van der Waals surface area (Å²) in [6.45, 7) is 21.6. The third-order valence-corrected chi connectivity index (χ3v) is 27.8. The number of hydrogen-bond donors (Lipinski definition) is 0. The van der Waals surface area contributed by atoms with Crippen molar-refractivity contribution in [2.45, 2.75) is 145 Å². The molecule has 760 valence electrons. The molecule has 18 heterocycles. The predicted octanol–water partition coefficient (Wildman–Crippen LogP) is 18.2. The Balaban J connectivity index is 0.000000107. The first-order chi connectivity index (χ1) is 73.0. The standard InChI is InChI=1S/C24H20ClFN6O2.C24H21ClN6O3.C24H21ClN6O2.C20H20ClN5O.C16H17N5O/c1-13-3-5-17(26)15(7-13)18-10-34-24(28-18)22-20-9-31-21(11-33-2)29-30-23(31)16-8-14(25)4-6-19(16)32(20)12-27-22;1-32-12-21-28-29-23-17-9-15(25)5-8-19(17)31-13-26-22(20(31)10-30(21)23)24-27-18(11-34-24)14-3-6-16(33-2)7-4-14;1-14-3-5-15(6-4-14)18-11-33-24(27-18)22-20-10-30-21(12-32-2)28-29-23(30)17-9-16(25)7-8-19(17)31(20)13-26-22;1-5-6-16-18-10-25-19(11-27-12(2)3)23-24-20(25)15-9-14(21)7-8-17(15)26(18)13(4)22-16;1-10-4-5-13-12(6-10)16-19-18-15(8-22-3)20(16)7-14-11(2)17-9-21(13)14/h3-8,12,18H,9-11H2,1-2H3;3-9,13,18H,10-12H2,1-2H3;3-9,13,18H,10-12H2,1-2H3;7-9,12H,10-11H2,1-4H3;4-6,9H,7-8H2,1-3H3/t3*18-;;/m111../s1. The van der Waals surface area contributed by atoms with Crippen LogP contribution < -0.4 is 4.74 Å². The number of methoxy groups -OCH3 is 5. The lowest BCUT2D eigenvalue weighted by Gasteiger charge is -2.10. The summed E-state index contributed by atoms with van der Waals surface area (Å²) in [5, 5.41) is 46.4. The van der Waals surface area contributed by atoms with E-state index in [1.165, 1.54) is 17.2 Å². The highest BCUT2D eigenvalue weighted by molar-refractivity contribution is 6.32. The highest BCUT2D eigenvalue weighted by atomic mass is 35.5. The number of aryl methyl sites for hydroxylation is 5. The smallest absolute Gasteiger partial charge is 0.238 e. The van der Waals surface area contributed by atoms with Gasteiger partial charge in [0.25, 0.3) is 0 Å². The molecule has 8 aromatic carbocycles. The summed E-state index contributed by atoms with van der Waals surface area (Å²) in [6, 6.07) is 49.9. The number of imidazole rings is 5. The fourth-order valence-corrected chi connectivity index (χ4v) is 20.2. The summed E-state index contributed by atoms with van der Waals surface area (Å²) < 4.78 is 85.4. The van der Waals surface area contributed by atoms with Crippen molar-refractivity contribution >= 4 is 64.1 Å². The first kappa shape index (κ1) is 98.8. The lowest BCUT2D eigenvalue weighted by atomic mass is 10.1. The van der Waals surface area contributed by atoms with Crippen molar-refractivity contribution in [3.8, 4) is 103 Å². The number of ether oxygens (including phenoxy) is 9. The highest BCUT2D eigenvalue weighted by Gasteiger charge is 2.39. The third kappa shape index (κ3) is 18.8. The minimum absolute atomic E-state index is 0.0515. The van der Waals surface area contributed by atoms with Crippen LogP contribution in [0.1, 0.15) is 164 Å². The second-order valence-corrected chi connectivity index (χ2v) is 38.7. The SMILES string of the molecule is CC#Cc1nc(C)n2c1Cn1c(COC(C)C)nnc1-c1cc(Cl)ccc1-2.COCc1nnc2n1Cc1c(C)ncn1-c1ccc(C)cc1-2.COCc1nnc2n1Cc1c(C3=N[C@@H](c4cc(C)ccc4F)CO3)ncn1-c1ccc(Cl)cc1-2.COCc1nnc2n1Cc1c(C3=N[C@@H](c4ccc(C)cc4)CO3)ncn1-c1ccc(Cl)cc1-2.COCc1nnc2n1Cc1c(C3=N[C@@H](c4ccc(OC)cc4)CO3)ncn1-c1ccc(Cl)cc1-2. The van der Waals surface area contributed by atoms with Crippen LogP contribution in [0.15, 0.2) is 198 Å².